The molecule has 0 saturated heterocycles. The second kappa shape index (κ2) is 10.0. The van der Waals surface area contributed by atoms with Crippen molar-refractivity contribution in [1.29, 1.82) is 0 Å². The number of oxazole rings is 1. The maximum Gasteiger partial charge on any atom is 0.337 e. The standard InChI is InChI=1S/C35H30N4O3/c1-4-8-31-36-32-22(3)17-25(34-37-33-21(2)9-7-12-30(33)42-34)19-29(32)39(31)20-23-13-14-27-24(18-23)15-16-38(27)28-11-6-5-10-26(28)35(40)41/h5-7,9-19H,4,8,20H2,1-3H3,(H,40,41). The summed E-state index contributed by atoms with van der Waals surface area (Å²) in [5.74, 6) is 0.717. The molecule has 7 aromatic rings. The summed E-state index contributed by atoms with van der Waals surface area (Å²) in [6.07, 6.45) is 3.80. The van der Waals surface area contributed by atoms with E-state index in [0.717, 1.165) is 74.0 Å². The third-order valence-electron chi connectivity index (χ3n) is 7.95. The lowest BCUT2D eigenvalue weighted by Crippen LogP contribution is -2.06. The van der Waals surface area contributed by atoms with Gasteiger partial charge in [0.05, 0.1) is 27.8 Å². The Bertz CT molecular complexity index is 2150. The van der Waals surface area contributed by atoms with Crippen LogP contribution in [0.4, 0.5) is 0 Å². The molecule has 7 nitrogen and oxygen atoms in total. The summed E-state index contributed by atoms with van der Waals surface area (Å²) in [6, 6.07) is 25.7. The number of nitrogens with zero attached hydrogens (tertiary/aromatic N) is 4. The molecule has 0 aliphatic carbocycles. The molecule has 7 rings (SSSR count). The highest BCUT2D eigenvalue weighted by atomic mass is 16.4. The highest BCUT2D eigenvalue weighted by Gasteiger charge is 2.18. The maximum absolute atomic E-state index is 11.8. The summed E-state index contributed by atoms with van der Waals surface area (Å²) in [4.78, 5) is 21.7. The number of benzene rings is 4. The van der Waals surface area contributed by atoms with Crippen LogP contribution < -0.4 is 0 Å². The lowest BCUT2D eigenvalue weighted by atomic mass is 10.1. The predicted octanol–water partition coefficient (Wildman–Crippen LogP) is 8.10. The summed E-state index contributed by atoms with van der Waals surface area (Å²) in [6.45, 7) is 6.97. The second-order valence-corrected chi connectivity index (χ2v) is 10.9. The fourth-order valence-electron chi connectivity index (χ4n) is 5.91. The van der Waals surface area contributed by atoms with Gasteiger partial charge in [0.15, 0.2) is 5.58 Å². The number of fused-ring (bicyclic) bond motifs is 3. The van der Waals surface area contributed by atoms with Gasteiger partial charge >= 0.3 is 5.97 Å². The molecular formula is C35H30N4O3. The summed E-state index contributed by atoms with van der Waals surface area (Å²) in [7, 11) is 0. The van der Waals surface area contributed by atoms with Gasteiger partial charge in [0, 0.05) is 30.1 Å². The molecule has 0 bridgehead atoms. The fourth-order valence-corrected chi connectivity index (χ4v) is 5.91. The van der Waals surface area contributed by atoms with E-state index in [-0.39, 0.29) is 5.56 Å². The highest BCUT2D eigenvalue weighted by molar-refractivity contribution is 5.94. The molecule has 3 aromatic heterocycles. The van der Waals surface area contributed by atoms with Crippen molar-refractivity contribution in [3.05, 3.63) is 113 Å². The number of hydrogen-bond acceptors (Lipinski definition) is 4. The molecule has 0 atom stereocenters. The van der Waals surface area contributed by atoms with E-state index in [9.17, 15) is 9.90 Å². The molecule has 0 amide bonds. The van der Waals surface area contributed by atoms with E-state index in [1.165, 1.54) is 0 Å². The first-order valence-electron chi connectivity index (χ1n) is 14.2. The van der Waals surface area contributed by atoms with Gasteiger partial charge in [-0.15, -0.1) is 0 Å². The molecule has 1 N–H and O–H groups in total. The average Bonchev–Trinajstić information content (AvgIpc) is 3.70. The van der Waals surface area contributed by atoms with Crippen molar-refractivity contribution >= 4 is 39.0 Å². The number of aryl methyl sites for hydroxylation is 3. The molecule has 0 aliphatic rings. The summed E-state index contributed by atoms with van der Waals surface area (Å²) in [5, 5.41) is 10.8. The quantitative estimate of drug-likeness (QED) is 0.215. The number of carboxylic acid groups (broad SMARTS) is 1. The van der Waals surface area contributed by atoms with Crippen molar-refractivity contribution in [1.82, 2.24) is 19.1 Å². The van der Waals surface area contributed by atoms with E-state index < -0.39 is 5.97 Å². The maximum atomic E-state index is 11.8. The monoisotopic (exact) mass is 554 g/mol. The van der Waals surface area contributed by atoms with Crippen LogP contribution in [-0.2, 0) is 13.0 Å². The Balaban J connectivity index is 1.31. The Morgan fingerprint density at radius 2 is 1.74 bits per heavy atom. The van der Waals surface area contributed by atoms with E-state index in [1.54, 1.807) is 12.1 Å². The Kier molecular flexibility index (Phi) is 6.16. The first-order valence-corrected chi connectivity index (χ1v) is 14.2. The molecule has 0 unspecified atom stereocenters. The van der Waals surface area contributed by atoms with Crippen LogP contribution in [0.3, 0.4) is 0 Å². The SMILES string of the molecule is CCCc1nc2c(C)cc(-c3nc4c(C)cccc4o3)cc2n1Cc1ccc2c(ccn2-c2ccccc2C(=O)O)c1. The number of aromatic carboxylic acids is 1. The zero-order valence-corrected chi connectivity index (χ0v) is 23.8. The van der Waals surface area contributed by atoms with Crippen molar-refractivity contribution in [3.8, 4) is 17.1 Å². The summed E-state index contributed by atoms with van der Waals surface area (Å²) in [5.41, 5.74) is 9.85. The zero-order valence-electron chi connectivity index (χ0n) is 23.8. The molecule has 0 aliphatic heterocycles. The molecule has 3 heterocycles. The van der Waals surface area contributed by atoms with E-state index in [2.05, 4.69) is 48.7 Å². The van der Waals surface area contributed by atoms with Gasteiger partial charge in [-0.3, -0.25) is 0 Å². The van der Waals surface area contributed by atoms with Crippen LogP contribution >= 0.6 is 0 Å². The van der Waals surface area contributed by atoms with Gasteiger partial charge < -0.3 is 18.7 Å². The van der Waals surface area contributed by atoms with Gasteiger partial charge in [-0.25, -0.2) is 14.8 Å². The van der Waals surface area contributed by atoms with Crippen molar-refractivity contribution in [2.75, 3.05) is 0 Å². The Morgan fingerprint density at radius 3 is 2.55 bits per heavy atom. The van der Waals surface area contributed by atoms with Gasteiger partial charge in [0.1, 0.15) is 11.3 Å². The number of carboxylic acids is 1. The Labute approximate surface area is 242 Å². The van der Waals surface area contributed by atoms with Crippen molar-refractivity contribution < 1.29 is 14.3 Å². The van der Waals surface area contributed by atoms with Crippen molar-refractivity contribution in [3.63, 3.8) is 0 Å². The van der Waals surface area contributed by atoms with Crippen LogP contribution in [0.5, 0.6) is 0 Å². The minimum atomic E-state index is -0.942. The van der Waals surface area contributed by atoms with Crippen LogP contribution in [0.15, 0.2) is 89.5 Å². The topological polar surface area (TPSA) is 86.1 Å². The van der Waals surface area contributed by atoms with E-state index in [1.807, 2.05) is 54.1 Å². The van der Waals surface area contributed by atoms with Crippen LogP contribution in [0.25, 0.3) is 50.2 Å². The van der Waals surface area contributed by atoms with Gasteiger partial charge in [-0.1, -0.05) is 37.3 Å². The number of rotatable bonds is 7. The smallest absolute Gasteiger partial charge is 0.337 e. The molecule has 0 fully saturated rings. The van der Waals surface area contributed by atoms with Gasteiger partial charge in [-0.2, -0.15) is 0 Å². The molecular weight excluding hydrogens is 524 g/mol. The first kappa shape index (κ1) is 25.8. The van der Waals surface area contributed by atoms with Crippen LogP contribution in [0.2, 0.25) is 0 Å². The minimum absolute atomic E-state index is 0.272. The molecule has 7 heteroatoms. The number of imidazole rings is 1. The highest BCUT2D eigenvalue weighted by Crippen LogP contribution is 2.32. The van der Waals surface area contributed by atoms with Crippen LogP contribution in [-0.4, -0.2) is 30.2 Å². The third kappa shape index (κ3) is 4.25. The van der Waals surface area contributed by atoms with Gasteiger partial charge in [0.2, 0.25) is 5.89 Å². The predicted molar refractivity (Wildman–Crippen MR) is 166 cm³/mol. The first-order chi connectivity index (χ1) is 20.4. The van der Waals surface area contributed by atoms with E-state index in [0.29, 0.717) is 18.1 Å². The van der Waals surface area contributed by atoms with Crippen LogP contribution in [0.1, 0.15) is 46.2 Å². The number of carbonyl (C=O) groups is 1. The minimum Gasteiger partial charge on any atom is -0.478 e. The fraction of sp³-hybridized carbons (Fsp3) is 0.171. The third-order valence-corrected chi connectivity index (χ3v) is 7.95. The molecule has 0 spiro atoms. The number of aromatic nitrogens is 4. The summed E-state index contributed by atoms with van der Waals surface area (Å²) < 4.78 is 10.4. The Hall–Kier alpha value is -5.17. The van der Waals surface area contributed by atoms with Gasteiger partial charge in [0.25, 0.3) is 0 Å². The molecule has 42 heavy (non-hydrogen) atoms. The largest absolute Gasteiger partial charge is 0.478 e. The number of para-hydroxylation sites is 2. The van der Waals surface area contributed by atoms with Crippen molar-refractivity contribution in [2.24, 2.45) is 0 Å². The van der Waals surface area contributed by atoms with E-state index >= 15 is 0 Å². The molecule has 0 radical (unpaired) electrons. The van der Waals surface area contributed by atoms with Crippen LogP contribution in [0, 0.1) is 13.8 Å². The lowest BCUT2D eigenvalue weighted by Gasteiger charge is -2.12. The molecule has 0 saturated carbocycles. The second-order valence-electron chi connectivity index (χ2n) is 10.9. The van der Waals surface area contributed by atoms with E-state index in [4.69, 9.17) is 14.4 Å². The van der Waals surface area contributed by atoms with Crippen molar-refractivity contribution in [2.45, 2.75) is 40.2 Å². The average molecular weight is 555 g/mol. The lowest BCUT2D eigenvalue weighted by molar-refractivity contribution is 0.0697. The molecule has 208 valence electrons. The normalized spacial score (nSPS) is 11.7. The zero-order chi connectivity index (χ0) is 29.0. The summed E-state index contributed by atoms with van der Waals surface area (Å²) >= 11 is 0. The van der Waals surface area contributed by atoms with Gasteiger partial charge in [-0.05, 0) is 85.5 Å². The number of hydrogen-bond donors (Lipinski definition) is 1. The Morgan fingerprint density at radius 1 is 0.881 bits per heavy atom. The molecule has 4 aromatic carbocycles.